The quantitative estimate of drug-likeness (QED) is 0.758. The summed E-state index contributed by atoms with van der Waals surface area (Å²) in [4.78, 5) is 14.0. The molecule has 3 nitrogen and oxygen atoms in total. The van der Waals surface area contributed by atoms with E-state index in [4.69, 9.17) is 16.7 Å². The third-order valence-corrected chi connectivity index (χ3v) is 1.85. The van der Waals surface area contributed by atoms with Crippen LogP contribution in [-0.4, -0.2) is 15.3 Å². The third kappa shape index (κ3) is 1.91. The average Bonchev–Trinajstić information content (AvgIpc) is 1.94. The second kappa shape index (κ2) is 3.19. The summed E-state index contributed by atoms with van der Waals surface area (Å²) < 4.78 is 0.351. The Bertz CT molecular complexity index is 303. The summed E-state index contributed by atoms with van der Waals surface area (Å²) in [5, 5.41) is 8.31. The molecule has 1 rings (SSSR count). The number of aromatic nitrogens is 1. The molecule has 1 aromatic heterocycles. The van der Waals surface area contributed by atoms with Crippen LogP contribution in [0.2, 0.25) is 0 Å². The van der Waals surface area contributed by atoms with E-state index >= 15 is 0 Å². The van der Waals surface area contributed by atoms with Gasteiger partial charge in [0.15, 0.2) is 0 Å². The molecular weight excluding hydrogens is 233 g/mol. The van der Waals surface area contributed by atoms with Gasteiger partial charge in [0.05, 0.1) is 10.0 Å². The topological polar surface area (TPSA) is 50.2 Å². The molecule has 1 N–H and O–H groups in total. The Balaban J connectivity index is 3.15. The van der Waals surface area contributed by atoms with Crippen molar-refractivity contribution in [2.24, 2.45) is 0 Å². The summed E-state index contributed by atoms with van der Waals surface area (Å²) >= 11 is 8.14. The molecular formula is C6H3BrClNO2. The molecule has 0 bridgehead atoms. The van der Waals surface area contributed by atoms with Crippen molar-refractivity contribution in [2.45, 2.75) is 0 Å². The Morgan fingerprint density at radius 2 is 2.36 bits per heavy atom. The highest BCUT2D eigenvalue weighted by molar-refractivity contribution is 9.10. The smallest absolute Gasteiger partial charge is 0.253 e. The Kier molecular flexibility index (Phi) is 2.46. The Hall–Kier alpha value is -0.610. The van der Waals surface area contributed by atoms with E-state index in [1.807, 2.05) is 0 Å². The molecule has 1 aromatic rings. The Labute approximate surface area is 76.1 Å². The zero-order valence-electron chi connectivity index (χ0n) is 5.21. The number of hydrogen-bond acceptors (Lipinski definition) is 3. The molecule has 0 amide bonds. The van der Waals surface area contributed by atoms with Crippen molar-refractivity contribution < 1.29 is 9.90 Å². The lowest BCUT2D eigenvalue weighted by molar-refractivity contribution is 0.108. The van der Waals surface area contributed by atoms with Gasteiger partial charge in [-0.25, -0.2) is 4.98 Å². The van der Waals surface area contributed by atoms with Gasteiger partial charge in [0.2, 0.25) is 5.88 Å². The van der Waals surface area contributed by atoms with Crippen LogP contribution in [0.25, 0.3) is 0 Å². The minimum absolute atomic E-state index is 0.160. The highest BCUT2D eigenvalue weighted by atomic mass is 79.9. The second-order valence-corrected chi connectivity index (χ2v) is 3.00. The minimum Gasteiger partial charge on any atom is -0.492 e. The minimum atomic E-state index is -0.599. The molecule has 11 heavy (non-hydrogen) atoms. The number of pyridine rings is 1. The largest absolute Gasteiger partial charge is 0.492 e. The van der Waals surface area contributed by atoms with Gasteiger partial charge in [0.1, 0.15) is 0 Å². The number of rotatable bonds is 1. The number of halogens is 2. The van der Waals surface area contributed by atoms with Crippen LogP contribution in [0.5, 0.6) is 5.88 Å². The van der Waals surface area contributed by atoms with Gasteiger partial charge in [-0.1, -0.05) is 0 Å². The van der Waals surface area contributed by atoms with Crippen molar-refractivity contribution in [1.29, 1.82) is 0 Å². The zero-order valence-corrected chi connectivity index (χ0v) is 7.56. The summed E-state index contributed by atoms with van der Waals surface area (Å²) in [6.07, 6.45) is 1.20. The first kappa shape index (κ1) is 8.49. The van der Waals surface area contributed by atoms with Crippen molar-refractivity contribution >= 4 is 32.8 Å². The van der Waals surface area contributed by atoms with Crippen LogP contribution in [0.3, 0.4) is 0 Å². The number of hydrogen-bond donors (Lipinski definition) is 1. The summed E-state index contributed by atoms with van der Waals surface area (Å²) in [5.41, 5.74) is 0.247. The van der Waals surface area contributed by atoms with Crippen LogP contribution < -0.4 is 0 Å². The molecule has 1 heterocycles. The lowest BCUT2D eigenvalue weighted by Gasteiger charge is -1.95. The normalized spacial score (nSPS) is 9.64. The first-order valence-electron chi connectivity index (χ1n) is 2.65. The van der Waals surface area contributed by atoms with Gasteiger partial charge in [-0.2, -0.15) is 0 Å². The molecule has 0 aromatic carbocycles. The van der Waals surface area contributed by atoms with Gasteiger partial charge in [-0.05, 0) is 33.6 Å². The zero-order chi connectivity index (χ0) is 8.43. The number of aromatic hydroxyl groups is 1. The van der Waals surface area contributed by atoms with Gasteiger partial charge >= 0.3 is 0 Å². The lowest BCUT2D eigenvalue weighted by Crippen LogP contribution is -1.89. The average molecular weight is 236 g/mol. The van der Waals surface area contributed by atoms with Crippen LogP contribution in [0.15, 0.2) is 16.7 Å². The fraction of sp³-hybridized carbons (Fsp3) is 0. The fourth-order valence-electron chi connectivity index (χ4n) is 0.538. The molecule has 5 heteroatoms. The number of carbonyl (C=O) groups is 1. The van der Waals surface area contributed by atoms with Gasteiger partial charge < -0.3 is 5.11 Å². The van der Waals surface area contributed by atoms with Crippen LogP contribution in [0.1, 0.15) is 10.4 Å². The van der Waals surface area contributed by atoms with E-state index in [0.29, 0.717) is 4.47 Å². The maximum Gasteiger partial charge on any atom is 0.253 e. The van der Waals surface area contributed by atoms with Crippen molar-refractivity contribution in [2.75, 3.05) is 0 Å². The van der Waals surface area contributed by atoms with E-state index < -0.39 is 5.24 Å². The molecule has 0 fully saturated rings. The molecule has 0 aliphatic heterocycles. The maximum atomic E-state index is 10.5. The predicted octanol–water partition coefficient (Wildman–Crippen LogP) is 1.93. The van der Waals surface area contributed by atoms with Gasteiger partial charge in [-0.15, -0.1) is 0 Å². The van der Waals surface area contributed by atoms with Gasteiger partial charge in [0, 0.05) is 6.20 Å². The first-order chi connectivity index (χ1) is 5.11. The molecule has 0 unspecified atom stereocenters. The Morgan fingerprint density at radius 3 is 2.82 bits per heavy atom. The summed E-state index contributed by atoms with van der Waals surface area (Å²) in [6.45, 7) is 0. The number of carbonyl (C=O) groups excluding carboxylic acids is 1. The van der Waals surface area contributed by atoms with Crippen molar-refractivity contribution in [3.8, 4) is 5.88 Å². The highest BCUT2D eigenvalue weighted by Gasteiger charge is 2.05. The van der Waals surface area contributed by atoms with E-state index in [-0.39, 0.29) is 11.4 Å². The molecule has 0 radical (unpaired) electrons. The van der Waals surface area contributed by atoms with E-state index in [1.54, 1.807) is 0 Å². The van der Waals surface area contributed by atoms with Crippen molar-refractivity contribution in [1.82, 2.24) is 4.98 Å². The number of nitrogens with zero attached hydrogens (tertiary/aromatic N) is 1. The van der Waals surface area contributed by atoms with E-state index in [0.717, 1.165) is 0 Å². The van der Waals surface area contributed by atoms with Crippen LogP contribution in [0.4, 0.5) is 0 Å². The van der Waals surface area contributed by atoms with Crippen LogP contribution in [0, 0.1) is 0 Å². The fourth-order valence-corrected chi connectivity index (χ4v) is 0.991. The summed E-state index contributed by atoms with van der Waals surface area (Å²) in [7, 11) is 0. The summed E-state index contributed by atoms with van der Waals surface area (Å²) in [6, 6.07) is 1.40. The van der Waals surface area contributed by atoms with E-state index in [9.17, 15) is 4.79 Å². The van der Waals surface area contributed by atoms with Crippen LogP contribution >= 0.6 is 27.5 Å². The second-order valence-electron chi connectivity index (χ2n) is 1.80. The van der Waals surface area contributed by atoms with Crippen molar-refractivity contribution in [3.05, 3.63) is 22.3 Å². The molecule has 0 aliphatic carbocycles. The van der Waals surface area contributed by atoms with Gasteiger partial charge in [-0.3, -0.25) is 4.79 Å². The third-order valence-electron chi connectivity index (χ3n) is 1.05. The molecule has 0 atom stereocenters. The van der Waals surface area contributed by atoms with Crippen LogP contribution in [-0.2, 0) is 0 Å². The lowest BCUT2D eigenvalue weighted by atomic mass is 10.3. The maximum absolute atomic E-state index is 10.5. The molecule has 0 aliphatic rings. The molecule has 0 spiro atoms. The molecule has 0 saturated heterocycles. The van der Waals surface area contributed by atoms with Gasteiger partial charge in [0.25, 0.3) is 5.24 Å². The first-order valence-corrected chi connectivity index (χ1v) is 3.82. The molecule has 0 saturated carbocycles. The Morgan fingerprint density at radius 1 is 1.73 bits per heavy atom. The highest BCUT2D eigenvalue weighted by Crippen LogP contribution is 2.21. The SMILES string of the molecule is O=C(Cl)c1cnc(O)c(Br)c1. The van der Waals surface area contributed by atoms with E-state index in [2.05, 4.69) is 20.9 Å². The van der Waals surface area contributed by atoms with E-state index in [1.165, 1.54) is 12.3 Å². The van der Waals surface area contributed by atoms with Crippen molar-refractivity contribution in [3.63, 3.8) is 0 Å². The monoisotopic (exact) mass is 235 g/mol. The summed E-state index contributed by atoms with van der Waals surface area (Å²) in [5.74, 6) is -0.160. The molecule has 58 valence electrons. The standard InChI is InChI=1S/C6H3BrClNO2/c7-4-1-3(5(8)10)2-9-6(4)11/h1-2H,(H,9,11). The predicted molar refractivity (Wildman–Crippen MR) is 43.8 cm³/mol.